The second kappa shape index (κ2) is 7.36. The van der Waals surface area contributed by atoms with Crippen molar-refractivity contribution in [3.8, 4) is 0 Å². The van der Waals surface area contributed by atoms with Crippen LogP contribution in [0.5, 0.6) is 0 Å². The van der Waals surface area contributed by atoms with E-state index in [2.05, 4.69) is 45.1 Å². The summed E-state index contributed by atoms with van der Waals surface area (Å²) in [6.07, 6.45) is 5.01. The van der Waals surface area contributed by atoms with Crippen LogP contribution in [0, 0.1) is 11.8 Å². The highest BCUT2D eigenvalue weighted by atomic mass is 16.2. The normalized spacial score (nSPS) is 23.0. The molecule has 3 heterocycles. The third-order valence-electron chi connectivity index (χ3n) is 5.51. The molecule has 0 radical (unpaired) electrons. The average Bonchev–Trinajstić information content (AvgIpc) is 3.20. The first-order valence-corrected chi connectivity index (χ1v) is 9.21. The fraction of sp³-hybridized carbons (Fsp3) is 0.429. The first-order valence-electron chi connectivity index (χ1n) is 9.21. The van der Waals surface area contributed by atoms with Crippen LogP contribution in [0.15, 0.2) is 54.9 Å². The molecule has 1 aromatic heterocycles. The van der Waals surface area contributed by atoms with Crippen molar-refractivity contribution in [1.29, 1.82) is 0 Å². The number of pyridine rings is 1. The Morgan fingerprint density at radius 1 is 0.960 bits per heavy atom. The number of amides is 1. The van der Waals surface area contributed by atoms with E-state index in [9.17, 15) is 4.79 Å². The Labute approximate surface area is 149 Å². The predicted molar refractivity (Wildman–Crippen MR) is 97.8 cm³/mol. The Morgan fingerprint density at radius 2 is 1.68 bits per heavy atom. The highest BCUT2D eigenvalue weighted by molar-refractivity contribution is 5.76. The molecule has 0 aliphatic carbocycles. The number of hydrogen-bond donors (Lipinski definition) is 0. The number of fused-ring (bicyclic) bond motifs is 1. The van der Waals surface area contributed by atoms with Crippen LogP contribution in [0.1, 0.15) is 17.5 Å². The molecular formula is C21H25N3O. The molecule has 25 heavy (non-hydrogen) atoms. The molecule has 130 valence electrons. The Kier molecular flexibility index (Phi) is 4.79. The van der Waals surface area contributed by atoms with Crippen molar-refractivity contribution >= 4 is 5.91 Å². The third-order valence-corrected chi connectivity index (χ3v) is 5.51. The van der Waals surface area contributed by atoms with Crippen molar-refractivity contribution in [2.45, 2.75) is 19.4 Å². The Balaban J connectivity index is 1.25. The summed E-state index contributed by atoms with van der Waals surface area (Å²) < 4.78 is 0. The van der Waals surface area contributed by atoms with E-state index >= 15 is 0 Å². The van der Waals surface area contributed by atoms with Gasteiger partial charge in [-0.25, -0.2) is 0 Å². The molecule has 1 amide bonds. The van der Waals surface area contributed by atoms with Crippen molar-refractivity contribution in [3.05, 3.63) is 66.0 Å². The molecule has 1 aromatic carbocycles. The lowest BCUT2D eigenvalue weighted by molar-refractivity contribution is -0.130. The molecule has 2 saturated heterocycles. The van der Waals surface area contributed by atoms with Crippen LogP contribution in [0.4, 0.5) is 0 Å². The number of benzene rings is 1. The van der Waals surface area contributed by atoms with Crippen molar-refractivity contribution in [3.63, 3.8) is 0 Å². The maximum absolute atomic E-state index is 12.5. The van der Waals surface area contributed by atoms with Gasteiger partial charge in [0.15, 0.2) is 0 Å². The highest BCUT2D eigenvalue weighted by Gasteiger charge is 2.41. The van der Waals surface area contributed by atoms with E-state index in [0.717, 1.165) is 44.7 Å². The quantitative estimate of drug-likeness (QED) is 0.843. The van der Waals surface area contributed by atoms with Gasteiger partial charge in [-0.2, -0.15) is 0 Å². The van der Waals surface area contributed by atoms with E-state index in [1.165, 1.54) is 5.56 Å². The standard InChI is InChI=1S/C21H25N3O/c25-21(9-8-17-7-4-10-22-11-17)24-15-19-13-23(14-20(19)16-24)12-18-5-2-1-3-6-18/h1-7,10-11,19-20H,8-9,12-16H2. The molecule has 2 atom stereocenters. The maximum Gasteiger partial charge on any atom is 0.222 e. The van der Waals surface area contributed by atoms with Gasteiger partial charge in [0.2, 0.25) is 5.91 Å². The summed E-state index contributed by atoms with van der Waals surface area (Å²) in [4.78, 5) is 21.3. The van der Waals surface area contributed by atoms with E-state index in [0.29, 0.717) is 24.2 Å². The molecule has 0 bridgehead atoms. The average molecular weight is 335 g/mol. The molecular weight excluding hydrogens is 310 g/mol. The van der Waals surface area contributed by atoms with Crippen molar-refractivity contribution < 1.29 is 4.79 Å². The molecule has 4 heteroatoms. The van der Waals surface area contributed by atoms with Crippen LogP contribution in [0.25, 0.3) is 0 Å². The second-order valence-corrected chi connectivity index (χ2v) is 7.36. The lowest BCUT2D eigenvalue weighted by Gasteiger charge is -2.21. The lowest BCUT2D eigenvalue weighted by atomic mass is 10.0. The zero-order valence-electron chi connectivity index (χ0n) is 14.6. The third kappa shape index (κ3) is 3.90. The molecule has 0 N–H and O–H groups in total. The second-order valence-electron chi connectivity index (χ2n) is 7.36. The van der Waals surface area contributed by atoms with E-state index in [-0.39, 0.29) is 0 Å². The number of carbonyl (C=O) groups is 1. The summed E-state index contributed by atoms with van der Waals surface area (Å²) in [5.41, 5.74) is 2.52. The van der Waals surface area contributed by atoms with Crippen LogP contribution in [-0.2, 0) is 17.8 Å². The van der Waals surface area contributed by atoms with Crippen LogP contribution in [0.3, 0.4) is 0 Å². The first kappa shape index (κ1) is 16.3. The topological polar surface area (TPSA) is 36.4 Å². The summed E-state index contributed by atoms with van der Waals surface area (Å²) >= 11 is 0. The van der Waals surface area contributed by atoms with Gasteiger partial charge < -0.3 is 4.90 Å². The smallest absolute Gasteiger partial charge is 0.222 e. The monoisotopic (exact) mass is 335 g/mol. The SMILES string of the molecule is O=C(CCc1cccnc1)N1CC2CN(Cc3ccccc3)CC2C1. The predicted octanol–water partition coefficient (Wildman–Crippen LogP) is 2.60. The van der Waals surface area contributed by atoms with Crippen molar-refractivity contribution in [2.75, 3.05) is 26.2 Å². The fourth-order valence-corrected chi connectivity index (χ4v) is 4.22. The number of carbonyl (C=O) groups excluding carboxylic acids is 1. The molecule has 2 aliphatic rings. The lowest BCUT2D eigenvalue weighted by Crippen LogP contribution is -2.33. The fourth-order valence-electron chi connectivity index (χ4n) is 4.22. The van der Waals surface area contributed by atoms with E-state index < -0.39 is 0 Å². The minimum absolute atomic E-state index is 0.299. The number of rotatable bonds is 5. The zero-order chi connectivity index (χ0) is 17.1. The van der Waals surface area contributed by atoms with Gasteiger partial charge in [-0.3, -0.25) is 14.7 Å². The minimum atomic E-state index is 0.299. The van der Waals surface area contributed by atoms with Gasteiger partial charge in [-0.05, 0) is 35.4 Å². The first-order chi connectivity index (χ1) is 12.3. The van der Waals surface area contributed by atoms with Gasteiger partial charge in [0.1, 0.15) is 0 Å². The van der Waals surface area contributed by atoms with Crippen LogP contribution < -0.4 is 0 Å². The van der Waals surface area contributed by atoms with Gasteiger partial charge in [-0.15, -0.1) is 0 Å². The molecule has 4 nitrogen and oxygen atoms in total. The highest BCUT2D eigenvalue weighted by Crippen LogP contribution is 2.32. The number of hydrogen-bond acceptors (Lipinski definition) is 3. The molecule has 2 fully saturated rings. The Hall–Kier alpha value is -2.20. The summed E-state index contributed by atoms with van der Waals surface area (Å²) in [6.45, 7) is 5.13. The van der Waals surface area contributed by atoms with Crippen molar-refractivity contribution in [2.24, 2.45) is 11.8 Å². The zero-order valence-corrected chi connectivity index (χ0v) is 14.6. The molecule has 0 saturated carbocycles. The Morgan fingerprint density at radius 3 is 2.36 bits per heavy atom. The van der Waals surface area contributed by atoms with E-state index in [1.54, 1.807) is 6.20 Å². The molecule has 0 spiro atoms. The van der Waals surface area contributed by atoms with Crippen molar-refractivity contribution in [1.82, 2.24) is 14.8 Å². The molecule has 4 rings (SSSR count). The minimum Gasteiger partial charge on any atom is -0.342 e. The van der Waals surface area contributed by atoms with Crippen LogP contribution in [-0.4, -0.2) is 46.9 Å². The van der Waals surface area contributed by atoms with Crippen LogP contribution in [0.2, 0.25) is 0 Å². The molecule has 2 unspecified atom stereocenters. The summed E-state index contributed by atoms with van der Waals surface area (Å²) in [5, 5.41) is 0. The van der Waals surface area contributed by atoms with Crippen LogP contribution >= 0.6 is 0 Å². The number of aromatic nitrogens is 1. The van der Waals surface area contributed by atoms with E-state index in [1.807, 2.05) is 18.3 Å². The van der Waals surface area contributed by atoms with Gasteiger partial charge in [0.25, 0.3) is 0 Å². The molecule has 2 aliphatic heterocycles. The maximum atomic E-state index is 12.5. The number of nitrogens with zero attached hydrogens (tertiary/aromatic N) is 3. The molecule has 2 aromatic rings. The summed E-state index contributed by atoms with van der Waals surface area (Å²) in [5.74, 6) is 1.59. The van der Waals surface area contributed by atoms with Gasteiger partial charge >= 0.3 is 0 Å². The Bertz CT molecular complexity index is 690. The van der Waals surface area contributed by atoms with Gasteiger partial charge in [-0.1, -0.05) is 36.4 Å². The largest absolute Gasteiger partial charge is 0.342 e. The summed E-state index contributed by atoms with van der Waals surface area (Å²) in [7, 11) is 0. The summed E-state index contributed by atoms with van der Waals surface area (Å²) in [6, 6.07) is 14.6. The van der Waals surface area contributed by atoms with Gasteiger partial charge in [0.05, 0.1) is 0 Å². The van der Waals surface area contributed by atoms with E-state index in [4.69, 9.17) is 0 Å². The van der Waals surface area contributed by atoms with Gasteiger partial charge in [0, 0.05) is 51.5 Å². The number of likely N-dealkylation sites (tertiary alicyclic amines) is 2. The number of aryl methyl sites for hydroxylation is 1.